The van der Waals surface area contributed by atoms with Crippen LogP contribution in [0, 0.1) is 0 Å². The fraction of sp³-hybridized carbons (Fsp3) is 0.364. The minimum atomic E-state index is -4.47. The lowest BCUT2D eigenvalue weighted by atomic mass is 10.0. The Morgan fingerprint density at radius 1 is 1.22 bits per heavy atom. The van der Waals surface area contributed by atoms with E-state index in [4.69, 9.17) is 5.73 Å². The van der Waals surface area contributed by atoms with E-state index in [0.29, 0.717) is 27.6 Å². The summed E-state index contributed by atoms with van der Waals surface area (Å²) in [5, 5.41) is 5.11. The highest BCUT2D eigenvalue weighted by Gasteiger charge is 2.29. The molecule has 0 aliphatic heterocycles. The number of ether oxygens (including phenoxy) is 1. The molecule has 2 aromatic heterocycles. The summed E-state index contributed by atoms with van der Waals surface area (Å²) < 4.78 is 61.0. The molecule has 0 spiro atoms. The molecule has 1 aromatic carbocycles. The summed E-state index contributed by atoms with van der Waals surface area (Å²) >= 11 is -0.467. The third-order valence-electron chi connectivity index (χ3n) is 4.82. The molecule has 1 saturated carbocycles. The van der Waals surface area contributed by atoms with Gasteiger partial charge in [-0.25, -0.2) is 9.97 Å². The molecule has 1 unspecified atom stereocenters. The molecule has 1 aliphatic carbocycles. The summed E-state index contributed by atoms with van der Waals surface area (Å²) in [5.74, 6) is -0.553. The van der Waals surface area contributed by atoms with Gasteiger partial charge in [-0.15, -0.1) is 11.3 Å². The van der Waals surface area contributed by atoms with E-state index >= 15 is 0 Å². The Bertz CT molecular complexity index is 1210. The van der Waals surface area contributed by atoms with Gasteiger partial charge >= 0.3 is 6.18 Å². The number of carbonyl (C=O) groups excluding carboxylic acids is 1. The SMILES string of the molecule is CC(C)(NC(=O)c1ccc(-c2cncc(OCC(F)(F)F)n2)cc1)c1csc(N)n1.O=S([O-])C1CC1. The molecule has 14 heteroatoms. The second-order valence-corrected chi connectivity index (χ2v) is 10.4. The van der Waals surface area contributed by atoms with Crippen molar-refractivity contribution in [1.82, 2.24) is 20.3 Å². The van der Waals surface area contributed by atoms with E-state index < -0.39 is 29.4 Å². The second-order valence-electron chi connectivity index (χ2n) is 8.33. The lowest BCUT2D eigenvalue weighted by Crippen LogP contribution is -2.41. The molecule has 2 heterocycles. The van der Waals surface area contributed by atoms with Gasteiger partial charge in [-0.2, -0.15) is 13.2 Å². The second kappa shape index (κ2) is 11.3. The zero-order chi connectivity index (χ0) is 26.5. The van der Waals surface area contributed by atoms with Crippen LogP contribution in [0.5, 0.6) is 5.88 Å². The molecule has 3 N–H and O–H groups in total. The number of rotatable bonds is 7. The van der Waals surface area contributed by atoms with Crippen LogP contribution in [-0.2, 0) is 16.6 Å². The van der Waals surface area contributed by atoms with Crippen molar-refractivity contribution in [1.29, 1.82) is 0 Å². The monoisotopic (exact) mass is 542 g/mol. The number of amides is 1. The van der Waals surface area contributed by atoms with Gasteiger partial charge in [-0.3, -0.25) is 14.0 Å². The molecule has 36 heavy (non-hydrogen) atoms. The number of thiazole rings is 1. The van der Waals surface area contributed by atoms with Crippen molar-refractivity contribution >= 4 is 33.5 Å². The molecule has 9 nitrogen and oxygen atoms in total. The first-order valence-electron chi connectivity index (χ1n) is 10.6. The number of benzene rings is 1. The van der Waals surface area contributed by atoms with E-state index in [-0.39, 0.29) is 17.0 Å². The molecule has 0 radical (unpaired) electrons. The maximum absolute atomic E-state index is 12.6. The Balaban J connectivity index is 0.000000526. The highest BCUT2D eigenvalue weighted by atomic mass is 32.2. The van der Waals surface area contributed by atoms with Crippen LogP contribution in [0.25, 0.3) is 11.3 Å². The van der Waals surface area contributed by atoms with Gasteiger partial charge in [0, 0.05) is 21.8 Å². The topological polar surface area (TPSA) is 143 Å². The average molecular weight is 543 g/mol. The Labute approximate surface area is 211 Å². The van der Waals surface area contributed by atoms with Gasteiger partial charge in [0.05, 0.1) is 29.3 Å². The number of nitrogens with two attached hydrogens (primary N) is 1. The summed E-state index contributed by atoms with van der Waals surface area (Å²) in [4.78, 5) is 24.7. The largest absolute Gasteiger partial charge is 0.772 e. The van der Waals surface area contributed by atoms with Gasteiger partial charge in [0.25, 0.3) is 5.91 Å². The molecular formula is C22H23F3N5O4S2-. The number of hydrogen-bond acceptors (Lipinski definition) is 9. The quantitative estimate of drug-likeness (QED) is 0.429. The summed E-state index contributed by atoms with van der Waals surface area (Å²) in [6.07, 6.45) is -0.202. The van der Waals surface area contributed by atoms with E-state index in [0.717, 1.165) is 19.0 Å². The zero-order valence-corrected chi connectivity index (χ0v) is 20.9. The Morgan fingerprint density at radius 3 is 2.39 bits per heavy atom. The van der Waals surface area contributed by atoms with Crippen LogP contribution >= 0.6 is 11.3 Å². The van der Waals surface area contributed by atoms with Crippen LogP contribution in [0.1, 0.15) is 42.7 Å². The van der Waals surface area contributed by atoms with Crippen LogP contribution in [0.15, 0.2) is 42.0 Å². The Morgan fingerprint density at radius 2 is 1.89 bits per heavy atom. The van der Waals surface area contributed by atoms with E-state index in [1.165, 1.54) is 17.5 Å². The average Bonchev–Trinajstić information content (AvgIpc) is 3.58. The number of halogens is 3. The van der Waals surface area contributed by atoms with Gasteiger partial charge in [0.15, 0.2) is 11.7 Å². The minimum absolute atomic E-state index is 0.0185. The van der Waals surface area contributed by atoms with E-state index in [9.17, 15) is 26.7 Å². The molecular weight excluding hydrogens is 519 g/mol. The van der Waals surface area contributed by atoms with Crippen LogP contribution in [-0.4, -0.2) is 47.7 Å². The van der Waals surface area contributed by atoms with Crippen molar-refractivity contribution < 1.29 is 31.5 Å². The number of anilines is 1. The first-order valence-corrected chi connectivity index (χ1v) is 12.6. The lowest BCUT2D eigenvalue weighted by molar-refractivity contribution is -0.154. The Hall–Kier alpha value is -3.10. The minimum Gasteiger partial charge on any atom is -0.772 e. The van der Waals surface area contributed by atoms with Gasteiger partial charge < -0.3 is 20.3 Å². The Kier molecular flexibility index (Phi) is 8.63. The maximum Gasteiger partial charge on any atom is 0.422 e. The molecule has 1 amide bonds. The number of nitrogens with zero attached hydrogens (tertiary/aromatic N) is 3. The highest BCUT2D eigenvalue weighted by molar-refractivity contribution is 7.80. The molecule has 0 bridgehead atoms. The number of nitrogen functional groups attached to an aromatic ring is 1. The number of carbonyl (C=O) groups is 1. The van der Waals surface area contributed by atoms with Crippen molar-refractivity contribution in [2.24, 2.45) is 0 Å². The number of aromatic nitrogens is 3. The van der Waals surface area contributed by atoms with E-state index in [1.54, 1.807) is 29.6 Å². The summed E-state index contributed by atoms with van der Waals surface area (Å²) in [5.41, 5.74) is 6.88. The molecule has 3 aromatic rings. The summed E-state index contributed by atoms with van der Waals surface area (Å²) in [6.45, 7) is 2.18. The summed E-state index contributed by atoms with van der Waals surface area (Å²) in [6, 6.07) is 6.42. The fourth-order valence-corrected chi connectivity index (χ4v) is 4.01. The third kappa shape index (κ3) is 8.24. The van der Waals surface area contributed by atoms with Crippen LogP contribution in [0.3, 0.4) is 0 Å². The standard InChI is InChI=1S/C19H18F3N5O2S.C3H6O2S/c1-18(2,14-9-30-17(23)26-14)27-16(28)12-5-3-11(4-6-12)13-7-24-8-15(25-13)29-10-19(20,21)22;4-6(5)3-1-2-3/h3-9H,10H2,1-2H3,(H2,23,26)(H,27,28);3H,1-2H2,(H,4,5)/p-1. The van der Waals surface area contributed by atoms with Crippen LogP contribution < -0.4 is 15.8 Å². The van der Waals surface area contributed by atoms with Crippen molar-refractivity contribution in [3.8, 4) is 17.1 Å². The van der Waals surface area contributed by atoms with Gasteiger partial charge in [0.1, 0.15) is 0 Å². The van der Waals surface area contributed by atoms with E-state index in [1.807, 2.05) is 13.8 Å². The van der Waals surface area contributed by atoms with Crippen LogP contribution in [0.2, 0.25) is 0 Å². The predicted octanol–water partition coefficient (Wildman–Crippen LogP) is 3.82. The summed E-state index contributed by atoms with van der Waals surface area (Å²) in [7, 11) is 0. The number of nitrogens with one attached hydrogen (secondary N) is 1. The van der Waals surface area contributed by atoms with Crippen molar-refractivity contribution in [3.05, 3.63) is 53.3 Å². The third-order valence-corrected chi connectivity index (χ3v) is 6.51. The highest BCUT2D eigenvalue weighted by Crippen LogP contribution is 2.25. The zero-order valence-electron chi connectivity index (χ0n) is 19.2. The van der Waals surface area contributed by atoms with Gasteiger partial charge in [-0.05, 0) is 38.8 Å². The smallest absolute Gasteiger partial charge is 0.422 e. The molecule has 1 aliphatic rings. The first-order chi connectivity index (χ1) is 16.8. The molecule has 194 valence electrons. The number of alkyl halides is 3. The maximum atomic E-state index is 12.6. The predicted molar refractivity (Wildman–Crippen MR) is 128 cm³/mol. The van der Waals surface area contributed by atoms with Crippen LogP contribution in [0.4, 0.5) is 18.3 Å². The normalized spacial score (nSPS) is 14.4. The number of hydrogen-bond donors (Lipinski definition) is 2. The van der Waals surface area contributed by atoms with Gasteiger partial charge in [0.2, 0.25) is 5.88 Å². The van der Waals surface area contributed by atoms with Crippen molar-refractivity contribution in [2.75, 3.05) is 12.3 Å². The van der Waals surface area contributed by atoms with E-state index in [2.05, 4.69) is 25.0 Å². The molecule has 0 saturated heterocycles. The molecule has 4 rings (SSSR count). The first kappa shape index (κ1) is 27.5. The molecule has 1 atom stereocenters. The fourth-order valence-electron chi connectivity index (χ4n) is 2.76. The lowest BCUT2D eigenvalue weighted by Gasteiger charge is -2.24. The molecule has 1 fully saturated rings. The van der Waals surface area contributed by atoms with Crippen molar-refractivity contribution in [3.63, 3.8) is 0 Å². The van der Waals surface area contributed by atoms with Crippen molar-refractivity contribution in [2.45, 2.75) is 43.7 Å². The van der Waals surface area contributed by atoms with Gasteiger partial charge in [-0.1, -0.05) is 23.2 Å².